The Morgan fingerprint density at radius 2 is 2.00 bits per heavy atom. The molecule has 1 aromatic carbocycles. The highest BCUT2D eigenvalue weighted by atomic mass is 32.2. The molecule has 1 aromatic rings. The molecule has 1 atom stereocenters. The highest BCUT2D eigenvalue weighted by Crippen LogP contribution is 2.28. The summed E-state index contributed by atoms with van der Waals surface area (Å²) in [4.78, 5) is 14.6. The molecule has 3 N–H and O–H groups in total. The molecule has 2 rings (SSSR count). The molecule has 0 spiro atoms. The number of piperidine rings is 1. The summed E-state index contributed by atoms with van der Waals surface area (Å²) in [7, 11) is -2.09. The number of nitrogens with one attached hydrogen (secondary N) is 1. The van der Waals surface area contributed by atoms with Crippen molar-refractivity contribution < 1.29 is 17.9 Å². The molecule has 1 saturated heterocycles. The van der Waals surface area contributed by atoms with Crippen LogP contribution in [-0.4, -0.2) is 58.6 Å². The minimum absolute atomic E-state index is 0.0715. The number of likely N-dealkylation sites (tertiary alicyclic amines) is 1. The average molecular weight is 369 g/mol. The van der Waals surface area contributed by atoms with Crippen LogP contribution in [0.5, 0.6) is 0 Å². The largest absolute Gasteiger partial charge is 0.383 e. The van der Waals surface area contributed by atoms with Gasteiger partial charge in [-0.2, -0.15) is 0 Å². The summed E-state index contributed by atoms with van der Waals surface area (Å²) in [5.41, 5.74) is 6.45. The van der Waals surface area contributed by atoms with Gasteiger partial charge in [0.2, 0.25) is 10.0 Å². The predicted octanol–water partition coefficient (Wildman–Crippen LogP) is 0.811. The highest BCUT2D eigenvalue weighted by molar-refractivity contribution is 7.89. The maximum Gasteiger partial charge on any atom is 0.253 e. The van der Waals surface area contributed by atoms with Gasteiger partial charge in [-0.3, -0.25) is 4.79 Å². The molecule has 1 unspecified atom stereocenters. The van der Waals surface area contributed by atoms with E-state index in [4.69, 9.17) is 10.5 Å². The van der Waals surface area contributed by atoms with Crippen molar-refractivity contribution in [3.05, 3.63) is 29.8 Å². The van der Waals surface area contributed by atoms with E-state index in [-0.39, 0.29) is 28.8 Å². The first-order chi connectivity index (χ1) is 11.7. The van der Waals surface area contributed by atoms with E-state index >= 15 is 0 Å². The SMILES string of the molecule is COCCNS(=O)(=O)c1ccc(C(=O)N2CCC(N)C(C)(C)C2)cc1. The summed E-state index contributed by atoms with van der Waals surface area (Å²) in [5.74, 6) is -0.101. The first kappa shape index (κ1) is 19.8. The maximum atomic E-state index is 12.7. The van der Waals surface area contributed by atoms with E-state index in [1.54, 1.807) is 17.0 Å². The van der Waals surface area contributed by atoms with Crippen molar-refractivity contribution in [3.63, 3.8) is 0 Å². The zero-order chi connectivity index (χ0) is 18.7. The van der Waals surface area contributed by atoms with Gasteiger partial charge in [0.05, 0.1) is 11.5 Å². The smallest absolute Gasteiger partial charge is 0.253 e. The molecule has 25 heavy (non-hydrogen) atoms. The molecule has 0 bridgehead atoms. The third-order valence-corrected chi connectivity index (χ3v) is 6.09. The molecule has 0 aliphatic carbocycles. The zero-order valence-electron chi connectivity index (χ0n) is 15.0. The molecule has 0 radical (unpaired) electrons. The van der Waals surface area contributed by atoms with Gasteiger partial charge in [0.15, 0.2) is 0 Å². The summed E-state index contributed by atoms with van der Waals surface area (Å²) in [6, 6.07) is 6.07. The molecular weight excluding hydrogens is 342 g/mol. The van der Waals surface area contributed by atoms with Crippen molar-refractivity contribution in [1.29, 1.82) is 0 Å². The van der Waals surface area contributed by atoms with Gasteiger partial charge >= 0.3 is 0 Å². The monoisotopic (exact) mass is 369 g/mol. The minimum Gasteiger partial charge on any atom is -0.383 e. The van der Waals surface area contributed by atoms with E-state index in [1.165, 1.54) is 19.2 Å². The van der Waals surface area contributed by atoms with Crippen LogP contribution in [0, 0.1) is 5.41 Å². The third-order valence-electron chi connectivity index (χ3n) is 4.61. The molecule has 1 fully saturated rings. The van der Waals surface area contributed by atoms with Gasteiger partial charge in [-0.15, -0.1) is 0 Å². The lowest BCUT2D eigenvalue weighted by Crippen LogP contribution is -2.54. The predicted molar refractivity (Wildman–Crippen MR) is 95.8 cm³/mol. The summed E-state index contributed by atoms with van der Waals surface area (Å²) < 4.78 is 31.5. The number of methoxy groups -OCH3 is 1. The molecule has 1 aliphatic rings. The van der Waals surface area contributed by atoms with Crippen molar-refractivity contribution >= 4 is 15.9 Å². The summed E-state index contributed by atoms with van der Waals surface area (Å²) in [6.07, 6.45) is 0.759. The molecule has 1 amide bonds. The minimum atomic E-state index is -3.60. The molecule has 8 heteroatoms. The molecule has 0 aromatic heterocycles. The van der Waals surface area contributed by atoms with Gasteiger partial charge < -0.3 is 15.4 Å². The number of nitrogens with zero attached hydrogens (tertiary/aromatic N) is 1. The fraction of sp³-hybridized carbons (Fsp3) is 0.588. The number of hydrogen-bond acceptors (Lipinski definition) is 5. The Bertz CT molecular complexity index is 701. The maximum absolute atomic E-state index is 12.7. The number of sulfonamides is 1. The Labute approximate surface area is 149 Å². The number of carbonyl (C=O) groups is 1. The van der Waals surface area contributed by atoms with Gasteiger partial charge in [-0.1, -0.05) is 13.8 Å². The number of nitrogens with two attached hydrogens (primary N) is 1. The van der Waals surface area contributed by atoms with Gasteiger partial charge in [0.25, 0.3) is 5.91 Å². The first-order valence-electron chi connectivity index (χ1n) is 8.31. The lowest BCUT2D eigenvalue weighted by molar-refractivity contribution is 0.0533. The number of rotatable bonds is 6. The highest BCUT2D eigenvalue weighted by Gasteiger charge is 2.35. The molecular formula is C17H27N3O4S. The number of hydrogen-bond donors (Lipinski definition) is 2. The van der Waals surface area contributed by atoms with E-state index in [0.717, 1.165) is 6.42 Å². The van der Waals surface area contributed by atoms with Crippen LogP contribution in [0.25, 0.3) is 0 Å². The molecule has 1 aliphatic heterocycles. The van der Waals surface area contributed by atoms with E-state index in [1.807, 2.05) is 0 Å². The second-order valence-electron chi connectivity index (χ2n) is 7.03. The second-order valence-corrected chi connectivity index (χ2v) is 8.79. The lowest BCUT2D eigenvalue weighted by Gasteiger charge is -2.42. The average Bonchev–Trinajstić information content (AvgIpc) is 2.57. The fourth-order valence-electron chi connectivity index (χ4n) is 2.87. The fourth-order valence-corrected chi connectivity index (χ4v) is 3.88. The number of benzene rings is 1. The summed E-state index contributed by atoms with van der Waals surface area (Å²) >= 11 is 0. The van der Waals surface area contributed by atoms with Crippen molar-refractivity contribution in [2.45, 2.75) is 31.2 Å². The molecule has 7 nitrogen and oxygen atoms in total. The van der Waals surface area contributed by atoms with Crippen molar-refractivity contribution in [2.24, 2.45) is 11.1 Å². The molecule has 0 saturated carbocycles. The van der Waals surface area contributed by atoms with Crippen molar-refractivity contribution in [1.82, 2.24) is 9.62 Å². The van der Waals surface area contributed by atoms with Crippen LogP contribution in [0.15, 0.2) is 29.2 Å². The Balaban J connectivity index is 2.08. The zero-order valence-corrected chi connectivity index (χ0v) is 15.8. The second kappa shape index (κ2) is 7.82. The Kier molecular flexibility index (Phi) is 6.21. The van der Waals surface area contributed by atoms with E-state index < -0.39 is 10.0 Å². The number of ether oxygens (including phenoxy) is 1. The van der Waals surface area contributed by atoms with Crippen LogP contribution in [0.4, 0.5) is 0 Å². The number of amides is 1. The lowest BCUT2D eigenvalue weighted by atomic mass is 9.79. The van der Waals surface area contributed by atoms with Crippen LogP contribution >= 0.6 is 0 Å². The quantitative estimate of drug-likeness (QED) is 0.723. The van der Waals surface area contributed by atoms with Gasteiger partial charge in [0, 0.05) is 38.3 Å². The molecule has 1 heterocycles. The Morgan fingerprint density at radius 1 is 1.36 bits per heavy atom. The van der Waals surface area contributed by atoms with Crippen LogP contribution in [0.3, 0.4) is 0 Å². The van der Waals surface area contributed by atoms with Crippen LogP contribution in [0.2, 0.25) is 0 Å². The normalized spacial score (nSPS) is 20.5. The Morgan fingerprint density at radius 3 is 2.56 bits per heavy atom. The van der Waals surface area contributed by atoms with Gasteiger partial charge in [-0.25, -0.2) is 13.1 Å². The van der Waals surface area contributed by atoms with Crippen LogP contribution < -0.4 is 10.5 Å². The van der Waals surface area contributed by atoms with Crippen molar-refractivity contribution in [3.8, 4) is 0 Å². The van der Waals surface area contributed by atoms with Gasteiger partial charge in [-0.05, 0) is 36.1 Å². The van der Waals surface area contributed by atoms with Crippen LogP contribution in [-0.2, 0) is 14.8 Å². The van der Waals surface area contributed by atoms with Crippen molar-refractivity contribution in [2.75, 3.05) is 33.4 Å². The standard InChI is InChI=1S/C17H27N3O4S/c1-17(2)12-20(10-8-15(17)18)16(21)13-4-6-14(7-5-13)25(22,23)19-9-11-24-3/h4-7,15,19H,8-12,18H2,1-3H3. The van der Waals surface area contributed by atoms with Crippen LogP contribution in [0.1, 0.15) is 30.6 Å². The van der Waals surface area contributed by atoms with E-state index in [2.05, 4.69) is 18.6 Å². The van der Waals surface area contributed by atoms with Gasteiger partial charge in [0.1, 0.15) is 0 Å². The summed E-state index contributed by atoms with van der Waals surface area (Å²) in [6.45, 7) is 5.80. The van der Waals surface area contributed by atoms with E-state index in [0.29, 0.717) is 25.3 Å². The topological polar surface area (TPSA) is 102 Å². The third kappa shape index (κ3) is 4.78. The first-order valence-corrected chi connectivity index (χ1v) is 9.79. The Hall–Kier alpha value is -1.48. The molecule has 140 valence electrons. The number of carbonyl (C=O) groups excluding carboxylic acids is 1. The summed E-state index contributed by atoms with van der Waals surface area (Å²) in [5, 5.41) is 0. The van der Waals surface area contributed by atoms with E-state index in [9.17, 15) is 13.2 Å².